The van der Waals surface area contributed by atoms with E-state index in [1.165, 1.54) is 7.05 Å². The number of aromatic hydroxyl groups is 2. The number of aryl methyl sites for hydroxylation is 1. The Labute approximate surface area is 115 Å². The van der Waals surface area contributed by atoms with Gasteiger partial charge in [-0.25, -0.2) is 4.79 Å². The Morgan fingerprint density at radius 1 is 1.24 bits per heavy atom. The van der Waals surface area contributed by atoms with Gasteiger partial charge in [-0.05, 0) is 18.2 Å². The van der Waals surface area contributed by atoms with Crippen molar-refractivity contribution in [2.75, 3.05) is 0 Å². The molecule has 0 amide bonds. The number of hydrogen-bond donors (Lipinski definition) is 3. The van der Waals surface area contributed by atoms with E-state index in [1.807, 2.05) is 0 Å². The zero-order valence-corrected chi connectivity index (χ0v) is 10.5. The molecule has 1 heterocycles. The molecule has 2 rings (SSSR count). The Balaban J connectivity index is 2.61. The molecule has 0 unspecified atom stereocenters. The van der Waals surface area contributed by atoms with Crippen LogP contribution in [0.5, 0.6) is 11.5 Å². The van der Waals surface area contributed by atoms with E-state index in [-0.39, 0.29) is 17.0 Å². The summed E-state index contributed by atoms with van der Waals surface area (Å²) in [4.78, 5) is 10.8. The number of phenols is 2. The second-order valence-electron chi connectivity index (χ2n) is 4.20. The van der Waals surface area contributed by atoms with Crippen molar-refractivity contribution in [2.24, 2.45) is 7.05 Å². The molecule has 0 saturated carbocycles. The Hall–Kier alpha value is -2.71. The van der Waals surface area contributed by atoms with Crippen LogP contribution >= 0.6 is 0 Å². The zero-order valence-electron chi connectivity index (χ0n) is 10.5. The number of rotatable bonds is 2. The van der Waals surface area contributed by atoms with Gasteiger partial charge in [0, 0.05) is 12.6 Å². The Morgan fingerprint density at radius 2 is 1.86 bits per heavy atom. The minimum atomic E-state index is -4.82. The number of carbonyl (C=O) groups is 1. The molecule has 2 aromatic rings. The number of carboxylic acid groups (broad SMARTS) is 1. The van der Waals surface area contributed by atoms with Crippen molar-refractivity contribution in [3.05, 3.63) is 29.5 Å². The number of phenolic OH excluding ortho intramolecular Hbond substituents is 2. The van der Waals surface area contributed by atoms with E-state index in [0.29, 0.717) is 6.07 Å². The molecule has 1 aromatic heterocycles. The third kappa shape index (κ3) is 2.49. The summed E-state index contributed by atoms with van der Waals surface area (Å²) in [5, 5.41) is 31.6. The predicted octanol–water partition coefficient (Wildman–Crippen LogP) is 2.22. The molecule has 0 spiro atoms. The molecule has 0 atom stereocenters. The van der Waals surface area contributed by atoms with Gasteiger partial charge in [-0.1, -0.05) is 0 Å². The van der Waals surface area contributed by atoms with E-state index < -0.39 is 29.2 Å². The van der Waals surface area contributed by atoms with E-state index in [1.54, 1.807) is 0 Å². The predicted molar refractivity (Wildman–Crippen MR) is 63.9 cm³/mol. The largest absolute Gasteiger partial charge is 0.504 e. The van der Waals surface area contributed by atoms with Gasteiger partial charge in [0.15, 0.2) is 17.2 Å². The third-order valence-electron chi connectivity index (χ3n) is 2.83. The van der Waals surface area contributed by atoms with Crippen molar-refractivity contribution in [1.29, 1.82) is 0 Å². The molecule has 1 aromatic carbocycles. The number of nitrogens with zero attached hydrogens (tertiary/aromatic N) is 2. The molecule has 0 aliphatic rings. The molecule has 0 radical (unpaired) electrons. The van der Waals surface area contributed by atoms with Gasteiger partial charge in [-0.15, -0.1) is 0 Å². The van der Waals surface area contributed by atoms with E-state index in [0.717, 1.165) is 16.8 Å². The maximum atomic E-state index is 12.6. The lowest BCUT2D eigenvalue weighted by Gasteiger charge is -2.12. The molecule has 112 valence electrons. The number of carboxylic acids is 1. The van der Waals surface area contributed by atoms with Crippen LogP contribution in [0, 0.1) is 0 Å². The Bertz CT molecular complexity index is 722. The SMILES string of the molecule is Cn1nc(C(=O)O)cc1-c1ccc(C(F)(F)F)c(O)c1O. The lowest BCUT2D eigenvalue weighted by atomic mass is 10.1. The maximum Gasteiger partial charge on any atom is 0.420 e. The first-order valence-corrected chi connectivity index (χ1v) is 5.52. The number of aromatic carboxylic acids is 1. The van der Waals surface area contributed by atoms with Gasteiger partial charge in [0.25, 0.3) is 0 Å². The van der Waals surface area contributed by atoms with Gasteiger partial charge in [0.2, 0.25) is 0 Å². The fourth-order valence-corrected chi connectivity index (χ4v) is 1.84. The fourth-order valence-electron chi connectivity index (χ4n) is 1.84. The Kier molecular flexibility index (Phi) is 3.28. The molecule has 3 N–H and O–H groups in total. The minimum Gasteiger partial charge on any atom is -0.504 e. The van der Waals surface area contributed by atoms with Crippen LogP contribution in [0.25, 0.3) is 11.3 Å². The summed E-state index contributed by atoms with van der Waals surface area (Å²) in [7, 11) is 1.36. The number of alkyl halides is 3. The van der Waals surface area contributed by atoms with Crippen LogP contribution in [-0.4, -0.2) is 31.1 Å². The Morgan fingerprint density at radius 3 is 2.33 bits per heavy atom. The molecule has 0 fully saturated rings. The summed E-state index contributed by atoms with van der Waals surface area (Å²) in [6, 6.07) is 2.60. The van der Waals surface area contributed by atoms with E-state index in [2.05, 4.69) is 5.10 Å². The van der Waals surface area contributed by atoms with Crippen molar-refractivity contribution < 1.29 is 33.3 Å². The van der Waals surface area contributed by atoms with Crippen LogP contribution in [-0.2, 0) is 13.2 Å². The highest BCUT2D eigenvalue weighted by Gasteiger charge is 2.36. The van der Waals surface area contributed by atoms with Crippen LogP contribution in [0.15, 0.2) is 18.2 Å². The molecule has 0 saturated heterocycles. The van der Waals surface area contributed by atoms with Crippen LogP contribution in [0.1, 0.15) is 16.1 Å². The highest BCUT2D eigenvalue weighted by Crippen LogP contribution is 2.45. The van der Waals surface area contributed by atoms with Crippen LogP contribution in [0.3, 0.4) is 0 Å². The first-order valence-electron chi connectivity index (χ1n) is 5.52. The van der Waals surface area contributed by atoms with E-state index >= 15 is 0 Å². The van der Waals surface area contributed by atoms with Gasteiger partial charge in [-0.3, -0.25) is 4.68 Å². The molecule has 6 nitrogen and oxygen atoms in total. The molecule has 0 aliphatic heterocycles. The van der Waals surface area contributed by atoms with Crippen molar-refractivity contribution in [2.45, 2.75) is 6.18 Å². The molecular weight excluding hydrogens is 293 g/mol. The summed E-state index contributed by atoms with van der Waals surface area (Å²) in [5.74, 6) is -3.64. The quantitative estimate of drug-likeness (QED) is 0.739. The van der Waals surface area contributed by atoms with Gasteiger partial charge < -0.3 is 15.3 Å². The first kappa shape index (κ1) is 14.7. The second kappa shape index (κ2) is 4.69. The molecule has 9 heteroatoms. The molecular formula is C12H9F3N2O4. The summed E-state index contributed by atoms with van der Waals surface area (Å²) < 4.78 is 38.8. The third-order valence-corrected chi connectivity index (χ3v) is 2.83. The second-order valence-corrected chi connectivity index (χ2v) is 4.20. The number of aromatic nitrogens is 2. The first-order chi connectivity index (χ1) is 9.62. The molecule has 21 heavy (non-hydrogen) atoms. The van der Waals surface area contributed by atoms with Crippen molar-refractivity contribution in [1.82, 2.24) is 9.78 Å². The van der Waals surface area contributed by atoms with Crippen LogP contribution in [0.4, 0.5) is 13.2 Å². The lowest BCUT2D eigenvalue weighted by Crippen LogP contribution is -2.05. The van der Waals surface area contributed by atoms with E-state index in [9.17, 15) is 28.2 Å². The standard InChI is InChI=1S/C12H9F3N2O4/c1-17-8(4-7(16-17)11(20)21)5-2-3-6(12(13,14)15)10(19)9(5)18/h2-4,18-19H,1H3,(H,20,21). The molecule has 0 bridgehead atoms. The highest BCUT2D eigenvalue weighted by molar-refractivity contribution is 5.87. The van der Waals surface area contributed by atoms with Gasteiger partial charge in [0.05, 0.1) is 5.69 Å². The van der Waals surface area contributed by atoms with E-state index in [4.69, 9.17) is 5.11 Å². The number of benzene rings is 1. The smallest absolute Gasteiger partial charge is 0.420 e. The number of halogens is 3. The van der Waals surface area contributed by atoms with Gasteiger partial charge in [0.1, 0.15) is 5.56 Å². The average molecular weight is 302 g/mol. The van der Waals surface area contributed by atoms with Gasteiger partial charge in [-0.2, -0.15) is 18.3 Å². The van der Waals surface area contributed by atoms with Gasteiger partial charge >= 0.3 is 12.1 Å². The van der Waals surface area contributed by atoms with Crippen molar-refractivity contribution >= 4 is 5.97 Å². The summed E-state index contributed by atoms with van der Waals surface area (Å²) >= 11 is 0. The summed E-state index contributed by atoms with van der Waals surface area (Å²) in [6.45, 7) is 0. The lowest BCUT2D eigenvalue weighted by molar-refractivity contribution is -0.138. The van der Waals surface area contributed by atoms with Crippen molar-refractivity contribution in [3.63, 3.8) is 0 Å². The average Bonchev–Trinajstić information content (AvgIpc) is 2.73. The summed E-state index contributed by atoms with van der Waals surface area (Å²) in [5.41, 5.74) is -1.84. The normalized spacial score (nSPS) is 11.6. The monoisotopic (exact) mass is 302 g/mol. The molecule has 0 aliphatic carbocycles. The summed E-state index contributed by atoms with van der Waals surface area (Å²) in [6.07, 6.45) is -4.82. The van der Waals surface area contributed by atoms with Crippen LogP contribution < -0.4 is 0 Å². The van der Waals surface area contributed by atoms with Crippen molar-refractivity contribution in [3.8, 4) is 22.8 Å². The highest BCUT2D eigenvalue weighted by atomic mass is 19.4. The number of hydrogen-bond acceptors (Lipinski definition) is 4. The zero-order chi connectivity index (χ0) is 15.9. The van der Waals surface area contributed by atoms with Crippen LogP contribution in [0.2, 0.25) is 0 Å². The topological polar surface area (TPSA) is 95.6 Å². The fraction of sp³-hybridized carbons (Fsp3) is 0.167. The minimum absolute atomic E-state index is 0.0499. The maximum absolute atomic E-state index is 12.6.